The second-order valence-corrected chi connectivity index (χ2v) is 4.96. The van der Waals surface area contributed by atoms with Gasteiger partial charge in [0, 0.05) is 6.04 Å². The predicted molar refractivity (Wildman–Crippen MR) is 73.1 cm³/mol. The third-order valence-corrected chi connectivity index (χ3v) is 3.27. The molecule has 0 aromatic heterocycles. The molecule has 2 rings (SSSR count). The number of rotatable bonds is 5. The second-order valence-electron chi connectivity index (χ2n) is 4.96. The first-order valence-electron chi connectivity index (χ1n) is 6.93. The van der Waals surface area contributed by atoms with Crippen LogP contribution in [0.25, 0.3) is 0 Å². The average molecular weight is 249 g/mol. The Morgan fingerprint density at radius 1 is 1.22 bits per heavy atom. The largest absolute Gasteiger partial charge is 0.490 e. The lowest BCUT2D eigenvalue weighted by Crippen LogP contribution is -2.33. The summed E-state index contributed by atoms with van der Waals surface area (Å²) in [5.74, 6) is 1.70. The normalized spacial score (nSPS) is 23.7. The van der Waals surface area contributed by atoms with Gasteiger partial charge in [0.25, 0.3) is 0 Å². The summed E-state index contributed by atoms with van der Waals surface area (Å²) in [6, 6.07) is 8.19. The summed E-state index contributed by atoms with van der Waals surface area (Å²) < 4.78 is 11.7. The molecule has 0 radical (unpaired) electrons. The molecule has 0 bridgehead atoms. The molecular weight excluding hydrogens is 226 g/mol. The smallest absolute Gasteiger partial charge is 0.161 e. The van der Waals surface area contributed by atoms with E-state index in [4.69, 9.17) is 15.2 Å². The summed E-state index contributed by atoms with van der Waals surface area (Å²) in [5.41, 5.74) is 5.99. The highest BCUT2D eigenvalue weighted by Gasteiger charge is 2.21. The maximum Gasteiger partial charge on any atom is 0.161 e. The van der Waals surface area contributed by atoms with Gasteiger partial charge in [0.1, 0.15) is 6.10 Å². The number of benzene rings is 1. The van der Waals surface area contributed by atoms with E-state index in [0.29, 0.717) is 0 Å². The molecular formula is C15H23NO2. The van der Waals surface area contributed by atoms with E-state index in [2.05, 4.69) is 6.92 Å². The van der Waals surface area contributed by atoms with E-state index in [9.17, 15) is 0 Å². The van der Waals surface area contributed by atoms with E-state index in [-0.39, 0.29) is 12.1 Å². The molecule has 3 nitrogen and oxygen atoms in total. The Balaban J connectivity index is 1.99. The molecule has 1 aliphatic carbocycles. The zero-order valence-electron chi connectivity index (χ0n) is 11.1. The van der Waals surface area contributed by atoms with E-state index >= 15 is 0 Å². The van der Waals surface area contributed by atoms with Gasteiger partial charge >= 0.3 is 0 Å². The van der Waals surface area contributed by atoms with Gasteiger partial charge in [-0.15, -0.1) is 0 Å². The van der Waals surface area contributed by atoms with Crippen molar-refractivity contribution in [1.29, 1.82) is 0 Å². The molecule has 2 unspecified atom stereocenters. The highest BCUT2D eigenvalue weighted by molar-refractivity contribution is 5.39. The first-order valence-corrected chi connectivity index (χ1v) is 6.93. The van der Waals surface area contributed by atoms with Crippen LogP contribution in [-0.2, 0) is 0 Å². The van der Waals surface area contributed by atoms with Crippen molar-refractivity contribution in [2.75, 3.05) is 6.61 Å². The van der Waals surface area contributed by atoms with Crippen LogP contribution in [0.3, 0.4) is 0 Å². The molecule has 0 spiro atoms. The van der Waals surface area contributed by atoms with Gasteiger partial charge in [-0.1, -0.05) is 19.1 Å². The van der Waals surface area contributed by atoms with Crippen LogP contribution in [0.5, 0.6) is 11.5 Å². The quantitative estimate of drug-likeness (QED) is 0.872. The maximum atomic E-state index is 6.05. The van der Waals surface area contributed by atoms with Crippen LogP contribution in [0.4, 0.5) is 0 Å². The number of nitrogens with two attached hydrogens (primary N) is 1. The third-order valence-electron chi connectivity index (χ3n) is 3.27. The Kier molecular flexibility index (Phi) is 4.88. The lowest BCUT2D eigenvalue weighted by atomic mass is 9.93. The van der Waals surface area contributed by atoms with Crippen molar-refractivity contribution in [1.82, 2.24) is 0 Å². The van der Waals surface area contributed by atoms with Crippen LogP contribution in [-0.4, -0.2) is 18.8 Å². The molecule has 0 saturated heterocycles. The zero-order chi connectivity index (χ0) is 12.8. The van der Waals surface area contributed by atoms with Crippen LogP contribution < -0.4 is 15.2 Å². The van der Waals surface area contributed by atoms with E-state index < -0.39 is 0 Å². The fourth-order valence-corrected chi connectivity index (χ4v) is 2.35. The summed E-state index contributed by atoms with van der Waals surface area (Å²) in [6.07, 6.45) is 5.55. The van der Waals surface area contributed by atoms with E-state index in [1.54, 1.807) is 0 Å². The topological polar surface area (TPSA) is 44.5 Å². The van der Waals surface area contributed by atoms with Crippen molar-refractivity contribution in [2.45, 2.75) is 51.2 Å². The molecule has 0 aliphatic heterocycles. The summed E-state index contributed by atoms with van der Waals surface area (Å²) in [7, 11) is 0. The minimum absolute atomic E-state index is 0.236. The molecule has 1 aliphatic rings. The summed E-state index contributed by atoms with van der Waals surface area (Å²) in [5, 5.41) is 0. The van der Waals surface area contributed by atoms with Gasteiger partial charge in [-0.25, -0.2) is 0 Å². The highest BCUT2D eigenvalue weighted by Crippen LogP contribution is 2.30. The lowest BCUT2D eigenvalue weighted by molar-refractivity contribution is 0.137. The summed E-state index contributed by atoms with van der Waals surface area (Å²) in [4.78, 5) is 0. The molecule has 1 fully saturated rings. The van der Waals surface area contributed by atoms with E-state index in [1.165, 1.54) is 0 Å². The van der Waals surface area contributed by atoms with Crippen LogP contribution in [0.1, 0.15) is 39.0 Å². The van der Waals surface area contributed by atoms with Crippen molar-refractivity contribution in [2.24, 2.45) is 5.73 Å². The van der Waals surface area contributed by atoms with Gasteiger partial charge in [-0.3, -0.25) is 0 Å². The maximum absolute atomic E-state index is 6.05. The predicted octanol–water partition coefficient (Wildman–Crippen LogP) is 3.12. The van der Waals surface area contributed by atoms with Gasteiger partial charge in [0.05, 0.1) is 6.61 Å². The molecule has 1 saturated carbocycles. The molecule has 2 atom stereocenters. The number of hydrogen-bond acceptors (Lipinski definition) is 3. The monoisotopic (exact) mass is 249 g/mol. The van der Waals surface area contributed by atoms with Crippen LogP contribution >= 0.6 is 0 Å². The van der Waals surface area contributed by atoms with Crippen molar-refractivity contribution in [3.8, 4) is 11.5 Å². The highest BCUT2D eigenvalue weighted by atomic mass is 16.5. The SMILES string of the molecule is CCCOc1ccccc1OC1CCCC(N)C1. The summed E-state index contributed by atoms with van der Waals surface area (Å²) >= 11 is 0. The number of ether oxygens (including phenoxy) is 2. The number of hydrogen-bond donors (Lipinski definition) is 1. The Labute approximate surface area is 109 Å². The van der Waals surface area contributed by atoms with Crippen molar-refractivity contribution >= 4 is 0 Å². The molecule has 100 valence electrons. The fourth-order valence-electron chi connectivity index (χ4n) is 2.35. The minimum Gasteiger partial charge on any atom is -0.490 e. The minimum atomic E-state index is 0.236. The second kappa shape index (κ2) is 6.64. The molecule has 2 N–H and O–H groups in total. The lowest BCUT2D eigenvalue weighted by Gasteiger charge is -2.27. The van der Waals surface area contributed by atoms with Gasteiger partial charge in [0.15, 0.2) is 11.5 Å². The Morgan fingerprint density at radius 3 is 2.72 bits per heavy atom. The Morgan fingerprint density at radius 2 is 2.00 bits per heavy atom. The molecule has 0 heterocycles. The Hall–Kier alpha value is -1.22. The Bertz CT molecular complexity index is 367. The van der Waals surface area contributed by atoms with Gasteiger partial charge in [0.2, 0.25) is 0 Å². The van der Waals surface area contributed by atoms with Crippen molar-refractivity contribution in [3.63, 3.8) is 0 Å². The molecule has 0 amide bonds. The van der Waals surface area contributed by atoms with Crippen LogP contribution in [0, 0.1) is 0 Å². The number of para-hydroxylation sites is 2. The molecule has 1 aromatic carbocycles. The first kappa shape index (κ1) is 13.2. The van der Waals surface area contributed by atoms with Crippen molar-refractivity contribution in [3.05, 3.63) is 24.3 Å². The molecule has 3 heteroatoms. The molecule has 18 heavy (non-hydrogen) atoms. The average Bonchev–Trinajstić information content (AvgIpc) is 2.38. The van der Waals surface area contributed by atoms with Gasteiger partial charge in [-0.05, 0) is 44.2 Å². The first-order chi connectivity index (χ1) is 8.79. The zero-order valence-corrected chi connectivity index (χ0v) is 11.1. The summed E-state index contributed by atoms with van der Waals surface area (Å²) in [6.45, 7) is 2.83. The van der Waals surface area contributed by atoms with Gasteiger partial charge in [-0.2, -0.15) is 0 Å². The van der Waals surface area contributed by atoms with Gasteiger partial charge < -0.3 is 15.2 Å². The third kappa shape index (κ3) is 3.64. The van der Waals surface area contributed by atoms with Crippen LogP contribution in [0.2, 0.25) is 0 Å². The van der Waals surface area contributed by atoms with E-state index in [0.717, 1.165) is 50.2 Å². The van der Waals surface area contributed by atoms with Crippen LogP contribution in [0.15, 0.2) is 24.3 Å². The van der Waals surface area contributed by atoms with E-state index in [1.807, 2.05) is 24.3 Å². The standard InChI is InChI=1S/C15H23NO2/c1-2-10-17-14-8-3-4-9-15(14)18-13-7-5-6-12(16)11-13/h3-4,8-9,12-13H,2,5-7,10-11,16H2,1H3. The van der Waals surface area contributed by atoms with Crippen molar-refractivity contribution < 1.29 is 9.47 Å². The fraction of sp³-hybridized carbons (Fsp3) is 0.600. The molecule has 1 aromatic rings.